The third-order valence-corrected chi connectivity index (χ3v) is 11.6. The van der Waals surface area contributed by atoms with E-state index in [1.165, 1.54) is 48.5 Å². The highest BCUT2D eigenvalue weighted by molar-refractivity contribution is 7.94. The van der Waals surface area contributed by atoms with Crippen LogP contribution < -0.4 is 20.1 Å². The fraction of sp³-hybridized carbons (Fsp3) is 0. The lowest BCUT2D eigenvalue weighted by molar-refractivity contribution is -0.432. The Kier molecular flexibility index (Phi) is 10.4. The lowest BCUT2D eigenvalue weighted by Gasteiger charge is -2.12. The van der Waals surface area contributed by atoms with Crippen LogP contribution in [0.15, 0.2) is 141 Å². The highest BCUT2D eigenvalue weighted by atomic mass is 32.2. The summed E-state index contributed by atoms with van der Waals surface area (Å²) in [6, 6.07) is 29.0. The van der Waals surface area contributed by atoms with Gasteiger partial charge in [0.1, 0.15) is 0 Å². The number of rotatable bonds is 12. The molecule has 52 heavy (non-hydrogen) atoms. The van der Waals surface area contributed by atoms with Gasteiger partial charge in [-0.2, -0.15) is 8.42 Å². The summed E-state index contributed by atoms with van der Waals surface area (Å²) in [5.74, 6) is 0. The lowest BCUT2D eigenvalue weighted by atomic mass is 10.1. The summed E-state index contributed by atoms with van der Waals surface area (Å²) >= 11 is 0.676. The van der Waals surface area contributed by atoms with Crippen molar-refractivity contribution >= 4 is 92.5 Å². The molecule has 0 saturated heterocycles. The second-order valence-corrected chi connectivity index (χ2v) is 16.6. The normalized spacial score (nSPS) is 12.0. The first-order chi connectivity index (χ1) is 24.7. The molecule has 0 aromatic heterocycles. The van der Waals surface area contributed by atoms with Gasteiger partial charge in [0.05, 0.1) is 38.1 Å². The number of nitrogens with one attached hydrogen (secondary N) is 4. The van der Waals surface area contributed by atoms with Crippen LogP contribution in [-0.2, 0) is 39.5 Å². The van der Waals surface area contributed by atoms with Crippen LogP contribution in [0.4, 0.5) is 27.5 Å². The van der Waals surface area contributed by atoms with Crippen molar-refractivity contribution in [3.63, 3.8) is 0 Å². The fourth-order valence-electron chi connectivity index (χ4n) is 5.05. The number of sulfonamides is 2. The average Bonchev–Trinajstić information content (AvgIpc) is 3.09. The van der Waals surface area contributed by atoms with E-state index in [-0.39, 0.29) is 21.2 Å². The van der Waals surface area contributed by atoms with Crippen LogP contribution >= 0.6 is 12.0 Å². The van der Waals surface area contributed by atoms with Gasteiger partial charge in [0.15, 0.2) is 0 Å². The van der Waals surface area contributed by atoms with E-state index in [0.717, 1.165) is 12.1 Å². The molecule has 0 radical (unpaired) electrons. The van der Waals surface area contributed by atoms with Crippen molar-refractivity contribution in [2.24, 2.45) is 0 Å². The Labute approximate surface area is 301 Å². The zero-order valence-electron chi connectivity index (χ0n) is 26.2. The zero-order valence-corrected chi connectivity index (χ0v) is 29.5. The number of urea groups is 1. The molecular weight excluding hydrogens is 757 g/mol. The Balaban J connectivity index is 1.16. The number of anilines is 4. The Morgan fingerprint density at radius 3 is 1.56 bits per heavy atom. The first-order valence-electron chi connectivity index (χ1n) is 14.7. The number of fused-ring (bicyclic) bond motifs is 2. The van der Waals surface area contributed by atoms with Crippen molar-refractivity contribution < 1.29 is 49.2 Å². The van der Waals surface area contributed by atoms with Crippen molar-refractivity contribution in [1.29, 1.82) is 0 Å². The maximum Gasteiger partial charge on any atom is 0.323 e. The van der Waals surface area contributed by atoms with Crippen LogP contribution in [0.2, 0.25) is 0 Å². The summed E-state index contributed by atoms with van der Waals surface area (Å²) in [6.45, 7) is 0. The van der Waals surface area contributed by atoms with Crippen molar-refractivity contribution in [1.82, 2.24) is 0 Å². The largest absolute Gasteiger partial charge is 0.323 e. The molecule has 0 aliphatic heterocycles. The fourth-order valence-corrected chi connectivity index (χ4v) is 8.16. The van der Waals surface area contributed by atoms with Crippen molar-refractivity contribution in [3.8, 4) is 0 Å². The number of carbonyl (C=O) groups excluding carboxylic acids is 1. The van der Waals surface area contributed by atoms with Gasteiger partial charge in [-0.1, -0.05) is 41.4 Å². The molecule has 0 heterocycles. The third-order valence-electron chi connectivity index (χ3n) is 7.39. The predicted octanol–water partition coefficient (Wildman–Crippen LogP) is 6.91. The maximum absolute atomic E-state index is 13.2. The summed E-state index contributed by atoms with van der Waals surface area (Å²) in [5, 5.41) is 19.7. The van der Waals surface area contributed by atoms with Gasteiger partial charge in [-0.05, 0) is 106 Å². The Morgan fingerprint density at radius 2 is 1.04 bits per heavy atom. The number of amides is 2. The van der Waals surface area contributed by atoms with Crippen molar-refractivity contribution in [2.75, 3.05) is 20.1 Å². The molecule has 15 nitrogen and oxygen atoms in total. The van der Waals surface area contributed by atoms with E-state index in [1.54, 1.807) is 60.7 Å². The lowest BCUT2D eigenvalue weighted by Crippen LogP contribution is -2.19. The minimum Gasteiger partial charge on any atom is -0.308 e. The SMILES string of the molecule is O=C(Nc1ccc2ccc(S(=O)(=O)Nc3cccc(SOOO)c3)cc2c1)Nc1ccc2ccc(S(=O)(=O)Nc3cccc(S(=O)(=O)O)c3)cc2c1. The topological polar surface area (TPSA) is 227 Å². The third kappa shape index (κ3) is 8.78. The average molecular weight is 783 g/mol. The summed E-state index contributed by atoms with van der Waals surface area (Å²) < 4.78 is 94.0. The summed E-state index contributed by atoms with van der Waals surface area (Å²) in [6.07, 6.45) is 0. The molecule has 268 valence electrons. The van der Waals surface area contributed by atoms with Crippen LogP contribution in [-0.4, -0.2) is 41.1 Å². The van der Waals surface area contributed by atoms with E-state index in [4.69, 9.17) is 5.26 Å². The standard InChI is InChI=1S/C33H26N4O11S4/c38-33(34-25-11-7-21-9-13-30(17-23(21)15-25)50(40,41)36-27-3-1-5-29(19-27)49-48-47-39)35-26-12-8-22-10-14-31(18-24(22)16-26)51(42,43)37-28-4-2-6-32(20-28)52(44,45)46/h1-20,36-37,39H,(H2,34,35,38)(H,44,45,46). The van der Waals surface area contributed by atoms with Gasteiger partial charge >= 0.3 is 6.03 Å². The number of hydrogen-bond acceptors (Lipinski definition) is 11. The van der Waals surface area contributed by atoms with E-state index >= 15 is 0 Å². The minimum absolute atomic E-state index is 0.0334. The highest BCUT2D eigenvalue weighted by Gasteiger charge is 2.18. The van der Waals surface area contributed by atoms with Crippen molar-refractivity contribution in [2.45, 2.75) is 19.6 Å². The van der Waals surface area contributed by atoms with Gasteiger partial charge < -0.3 is 10.6 Å². The van der Waals surface area contributed by atoms with Gasteiger partial charge in [-0.15, -0.1) is 4.33 Å². The smallest absolute Gasteiger partial charge is 0.308 e. The molecule has 19 heteroatoms. The summed E-state index contributed by atoms with van der Waals surface area (Å²) in [5.41, 5.74) is 0.868. The van der Waals surface area contributed by atoms with Gasteiger partial charge in [0.25, 0.3) is 30.2 Å². The Bertz CT molecular complexity index is 2670. The quantitative estimate of drug-likeness (QED) is 0.0322. The molecule has 0 unspecified atom stereocenters. The van der Waals surface area contributed by atoms with Crippen molar-refractivity contribution in [3.05, 3.63) is 121 Å². The molecule has 0 aliphatic carbocycles. The van der Waals surface area contributed by atoms with Gasteiger partial charge in [0.2, 0.25) is 0 Å². The molecule has 0 saturated carbocycles. The molecule has 2 amide bonds. The van der Waals surface area contributed by atoms with E-state index in [1.807, 2.05) is 0 Å². The number of hydrogen-bond donors (Lipinski definition) is 6. The molecule has 0 fully saturated rings. The Morgan fingerprint density at radius 1 is 0.538 bits per heavy atom. The molecule has 6 aromatic rings. The van der Waals surface area contributed by atoms with Crippen LogP contribution in [0.25, 0.3) is 21.5 Å². The molecule has 0 bridgehead atoms. The van der Waals surface area contributed by atoms with E-state index in [9.17, 15) is 34.6 Å². The van der Waals surface area contributed by atoms with E-state index in [0.29, 0.717) is 49.9 Å². The van der Waals surface area contributed by atoms with E-state index < -0.39 is 41.1 Å². The molecule has 6 N–H and O–H groups in total. The Hall–Kier alpha value is -5.25. The molecule has 0 aliphatic rings. The van der Waals surface area contributed by atoms with Crippen LogP contribution in [0.1, 0.15) is 0 Å². The number of carbonyl (C=O) groups is 1. The maximum atomic E-state index is 13.2. The van der Waals surface area contributed by atoms with E-state index in [2.05, 4.69) is 29.4 Å². The minimum atomic E-state index is -4.55. The summed E-state index contributed by atoms with van der Waals surface area (Å²) in [7, 11) is -12.8. The molecule has 6 aromatic carbocycles. The second kappa shape index (κ2) is 14.8. The summed E-state index contributed by atoms with van der Waals surface area (Å²) in [4.78, 5) is 12.8. The van der Waals surface area contributed by atoms with Gasteiger partial charge in [-0.25, -0.2) is 26.9 Å². The van der Waals surface area contributed by atoms with Crippen LogP contribution in [0, 0.1) is 0 Å². The molecule has 6 rings (SSSR count). The molecule has 0 spiro atoms. The second-order valence-electron chi connectivity index (χ2n) is 11.0. The molecular formula is C33H26N4O11S4. The monoisotopic (exact) mass is 782 g/mol. The first-order valence-corrected chi connectivity index (χ1v) is 19.9. The van der Waals surface area contributed by atoms with Gasteiger partial charge in [0, 0.05) is 16.3 Å². The number of benzene rings is 6. The van der Waals surface area contributed by atoms with Crippen LogP contribution in [0.3, 0.4) is 0 Å². The predicted molar refractivity (Wildman–Crippen MR) is 196 cm³/mol. The van der Waals surface area contributed by atoms with Crippen LogP contribution in [0.5, 0.6) is 0 Å². The zero-order chi connectivity index (χ0) is 37.1. The van der Waals surface area contributed by atoms with Gasteiger partial charge in [-0.3, -0.25) is 14.0 Å². The molecule has 0 atom stereocenters. The first kappa shape index (κ1) is 36.5. The highest BCUT2D eigenvalue weighted by Crippen LogP contribution is 2.28.